The van der Waals surface area contributed by atoms with Gasteiger partial charge in [-0.3, -0.25) is 9.59 Å². The van der Waals surface area contributed by atoms with Gasteiger partial charge < -0.3 is 29.9 Å². The molecule has 0 fully saturated rings. The molecule has 6 rings (SSSR count). The Morgan fingerprint density at radius 3 is 1.38 bits per heavy atom. The van der Waals surface area contributed by atoms with Crippen LogP contribution in [0.4, 0.5) is 0 Å². The number of carboxylic acids is 2. The first kappa shape index (κ1) is 51.2. The van der Waals surface area contributed by atoms with Crippen LogP contribution in [-0.2, 0) is 31.9 Å². The minimum atomic E-state index is -1.71. The van der Waals surface area contributed by atoms with Crippen molar-refractivity contribution in [1.29, 1.82) is 0 Å². The number of hydrogen-bond acceptors (Lipinski definition) is 14. The summed E-state index contributed by atoms with van der Waals surface area (Å²) in [5.74, 6) is -6.15. The maximum absolute atomic E-state index is 13.1. The van der Waals surface area contributed by atoms with E-state index in [2.05, 4.69) is 20.4 Å². The minimum Gasteiger partial charge on any atom is -0.479 e. The van der Waals surface area contributed by atoms with Gasteiger partial charge in [0.25, 0.3) is 0 Å². The molecule has 0 aliphatic carbocycles. The molecule has 0 aliphatic heterocycles. The zero-order chi connectivity index (χ0) is 49.4. The SMILES string of the molecule is CCOC(=O)[C@H](O)[C@H](CC(=O)c1ccc(-c2ccccc2C(=O)OC(C)(C)C)nn1)Cc1ccccc1.O=C(C[C@H](Cc1ccccc1)[C@@H](O)C(=O)O)c1ccc(-c2ccccc2C(=O)O)nn1. The normalized spacial score (nSPS) is 12.8. The van der Waals surface area contributed by atoms with Crippen molar-refractivity contribution < 1.29 is 58.7 Å². The molecule has 0 aliphatic rings. The first-order chi connectivity index (χ1) is 32.4. The molecule has 0 spiro atoms. The highest BCUT2D eigenvalue weighted by Crippen LogP contribution is 2.26. The number of aliphatic hydroxyl groups excluding tert-OH is 2. The van der Waals surface area contributed by atoms with Crippen LogP contribution in [-0.4, -0.2) is 101 Å². The number of aromatic carboxylic acids is 1. The van der Waals surface area contributed by atoms with E-state index in [0.717, 1.165) is 11.1 Å². The van der Waals surface area contributed by atoms with Crippen LogP contribution in [0.3, 0.4) is 0 Å². The predicted molar refractivity (Wildman–Crippen MR) is 249 cm³/mol. The summed E-state index contributed by atoms with van der Waals surface area (Å²) in [7, 11) is 0. The van der Waals surface area contributed by atoms with Crippen molar-refractivity contribution >= 4 is 35.4 Å². The van der Waals surface area contributed by atoms with Gasteiger partial charge in [-0.2, -0.15) is 0 Å². The highest BCUT2D eigenvalue weighted by Gasteiger charge is 2.31. The van der Waals surface area contributed by atoms with E-state index in [4.69, 9.17) is 9.47 Å². The van der Waals surface area contributed by atoms with E-state index in [-0.39, 0.29) is 48.6 Å². The minimum absolute atomic E-state index is 0.00667. The first-order valence-corrected chi connectivity index (χ1v) is 21.7. The molecule has 68 heavy (non-hydrogen) atoms. The van der Waals surface area contributed by atoms with Gasteiger partial charge in [0.05, 0.1) is 29.1 Å². The maximum atomic E-state index is 13.1. The smallest absolute Gasteiger partial charge is 0.339 e. The Morgan fingerprint density at radius 1 is 0.544 bits per heavy atom. The fourth-order valence-corrected chi connectivity index (χ4v) is 7.09. The van der Waals surface area contributed by atoms with Crippen LogP contribution in [0, 0.1) is 11.8 Å². The summed E-state index contributed by atoms with van der Waals surface area (Å²) >= 11 is 0. The number of aliphatic carboxylic acids is 1. The van der Waals surface area contributed by atoms with Gasteiger partial charge in [0.15, 0.2) is 23.8 Å². The van der Waals surface area contributed by atoms with Gasteiger partial charge in [0, 0.05) is 35.8 Å². The van der Waals surface area contributed by atoms with Gasteiger partial charge >= 0.3 is 23.9 Å². The van der Waals surface area contributed by atoms with Crippen molar-refractivity contribution in [3.05, 3.63) is 167 Å². The molecule has 4 atom stereocenters. The van der Waals surface area contributed by atoms with Crippen LogP contribution >= 0.6 is 0 Å². The number of ketones is 2. The van der Waals surface area contributed by atoms with E-state index in [1.54, 1.807) is 100 Å². The summed E-state index contributed by atoms with van der Waals surface area (Å²) in [5.41, 5.74) is 3.11. The first-order valence-electron chi connectivity index (χ1n) is 21.7. The number of aliphatic hydroxyl groups is 2. The Labute approximate surface area is 392 Å². The Hall–Kier alpha value is -7.82. The summed E-state index contributed by atoms with van der Waals surface area (Å²) in [4.78, 5) is 73.4. The van der Waals surface area contributed by atoms with Crippen molar-refractivity contribution in [1.82, 2.24) is 20.4 Å². The van der Waals surface area contributed by atoms with Crippen LogP contribution in [0.1, 0.15) is 93.4 Å². The molecule has 352 valence electrons. The third kappa shape index (κ3) is 14.6. The zero-order valence-corrected chi connectivity index (χ0v) is 37.9. The van der Waals surface area contributed by atoms with Crippen molar-refractivity contribution in [2.45, 2.75) is 71.2 Å². The number of carbonyl (C=O) groups excluding carboxylic acids is 4. The number of nitrogens with zero attached hydrogens (tertiary/aromatic N) is 4. The molecule has 2 aromatic heterocycles. The summed E-state index contributed by atoms with van der Waals surface area (Å²) in [6.07, 6.45) is -3.02. The molecule has 6 aromatic rings. The van der Waals surface area contributed by atoms with Gasteiger partial charge in [-0.1, -0.05) is 97.1 Å². The molecule has 16 heteroatoms. The lowest BCUT2D eigenvalue weighted by molar-refractivity contribution is -0.156. The lowest BCUT2D eigenvalue weighted by atomic mass is 9.88. The molecule has 4 aromatic carbocycles. The lowest BCUT2D eigenvalue weighted by Gasteiger charge is -2.21. The summed E-state index contributed by atoms with van der Waals surface area (Å²) in [5, 5.41) is 55.3. The number of rotatable bonds is 19. The lowest BCUT2D eigenvalue weighted by Crippen LogP contribution is -2.34. The van der Waals surface area contributed by atoms with Gasteiger partial charge in [-0.05, 0) is 88.1 Å². The molecular weight excluding hydrogens is 873 g/mol. The average molecular weight is 925 g/mol. The highest BCUT2D eigenvalue weighted by molar-refractivity contribution is 5.98. The predicted octanol–water partition coefficient (Wildman–Crippen LogP) is 7.17. The summed E-state index contributed by atoms with van der Waals surface area (Å²) in [6, 6.07) is 37.5. The van der Waals surface area contributed by atoms with Crippen molar-refractivity contribution in [3.8, 4) is 22.5 Å². The Kier molecular flexibility index (Phi) is 18.1. The molecule has 0 saturated heterocycles. The van der Waals surface area contributed by atoms with E-state index in [9.17, 15) is 49.2 Å². The topological polar surface area (TPSA) is 253 Å². The number of ether oxygens (including phenoxy) is 2. The molecule has 4 N–H and O–H groups in total. The Bertz CT molecular complexity index is 2670. The van der Waals surface area contributed by atoms with Crippen molar-refractivity contribution in [2.75, 3.05) is 6.61 Å². The maximum Gasteiger partial charge on any atom is 0.339 e. The summed E-state index contributed by atoms with van der Waals surface area (Å²) in [6.45, 7) is 7.15. The Morgan fingerprint density at radius 2 is 0.971 bits per heavy atom. The Balaban J connectivity index is 0.000000258. The van der Waals surface area contributed by atoms with Gasteiger partial charge in [0.1, 0.15) is 17.0 Å². The largest absolute Gasteiger partial charge is 0.479 e. The molecule has 0 bridgehead atoms. The molecular formula is C52H52N4O12. The molecule has 0 amide bonds. The number of carboxylic acid groups (broad SMARTS) is 2. The van der Waals surface area contributed by atoms with Crippen LogP contribution in [0.5, 0.6) is 0 Å². The number of benzene rings is 4. The van der Waals surface area contributed by atoms with Crippen LogP contribution in [0.25, 0.3) is 22.5 Å². The van der Waals surface area contributed by atoms with Gasteiger partial charge in [-0.25, -0.2) is 19.2 Å². The quantitative estimate of drug-likeness (QED) is 0.0464. The van der Waals surface area contributed by atoms with Crippen LogP contribution in [0.15, 0.2) is 133 Å². The average Bonchev–Trinajstić information content (AvgIpc) is 3.33. The number of Topliss-reactive ketones (excluding diaryl/α,β-unsaturated/α-hetero) is 2. The second-order valence-electron chi connectivity index (χ2n) is 16.6. The van der Waals surface area contributed by atoms with Crippen LogP contribution < -0.4 is 0 Å². The van der Waals surface area contributed by atoms with Gasteiger partial charge in [-0.15, -0.1) is 20.4 Å². The van der Waals surface area contributed by atoms with E-state index in [1.165, 1.54) is 24.3 Å². The van der Waals surface area contributed by atoms with E-state index < -0.39 is 59.3 Å². The van der Waals surface area contributed by atoms with Crippen molar-refractivity contribution in [2.24, 2.45) is 11.8 Å². The van der Waals surface area contributed by atoms with Gasteiger partial charge in [0.2, 0.25) is 0 Å². The second-order valence-corrected chi connectivity index (χ2v) is 16.6. The number of aromatic nitrogens is 4. The monoisotopic (exact) mass is 924 g/mol. The van der Waals surface area contributed by atoms with Crippen LogP contribution in [0.2, 0.25) is 0 Å². The summed E-state index contributed by atoms with van der Waals surface area (Å²) < 4.78 is 10.5. The number of hydrogen-bond donors (Lipinski definition) is 4. The zero-order valence-electron chi connectivity index (χ0n) is 37.9. The standard InChI is InChI=1S/C29H32N2O6.C23H20N2O6/c1-5-36-28(35)26(33)20(17-19-11-7-6-8-12-19)18-25(32)24-16-15-23(30-31-24)21-13-9-10-14-22(21)27(34)37-29(2,3)4;26-20(13-15(21(27)23(30)31)12-14-6-2-1-3-7-14)19-11-10-18(24-25-19)16-8-4-5-9-17(16)22(28)29/h6-16,20,26,33H,5,17-18H2,1-4H3;1-11,15,21,27H,12-13H2,(H,28,29)(H,30,31)/t20-,26+;15-,21+/m00/s1. The fraction of sp³-hybridized carbons (Fsp3) is 0.269. The third-order valence-electron chi connectivity index (χ3n) is 10.4. The number of esters is 2. The fourth-order valence-electron chi connectivity index (χ4n) is 7.09. The van der Waals surface area contributed by atoms with E-state index in [1.807, 2.05) is 36.4 Å². The number of carbonyl (C=O) groups is 6. The molecule has 0 unspecified atom stereocenters. The molecule has 2 heterocycles. The van der Waals surface area contributed by atoms with E-state index in [0.29, 0.717) is 34.5 Å². The second kappa shape index (κ2) is 24.1. The third-order valence-corrected chi connectivity index (χ3v) is 10.4. The van der Waals surface area contributed by atoms with E-state index >= 15 is 0 Å². The van der Waals surface area contributed by atoms with Crippen molar-refractivity contribution in [3.63, 3.8) is 0 Å². The molecule has 0 saturated carbocycles. The highest BCUT2D eigenvalue weighted by atomic mass is 16.6. The molecule has 0 radical (unpaired) electrons. The molecule has 16 nitrogen and oxygen atoms in total.